The molecule has 1 amide bonds. The minimum Gasteiger partial charge on any atom is -0.389 e. The monoisotopic (exact) mass is 254 g/mol. The summed E-state index contributed by atoms with van der Waals surface area (Å²) in [7, 11) is 1.95. The number of nitrogens with zero attached hydrogens (tertiary/aromatic N) is 2. The van der Waals surface area contributed by atoms with E-state index in [1.165, 1.54) is 0 Å². The summed E-state index contributed by atoms with van der Waals surface area (Å²) in [5.74, 6) is 0.219. The Hall–Kier alpha value is -0.610. The lowest BCUT2D eigenvalue weighted by Crippen LogP contribution is -2.49. The first-order valence-electron chi connectivity index (χ1n) is 7.23. The molecule has 4 heteroatoms. The van der Waals surface area contributed by atoms with Gasteiger partial charge in [0.2, 0.25) is 5.91 Å². The van der Waals surface area contributed by atoms with Crippen molar-refractivity contribution in [1.82, 2.24) is 9.80 Å². The predicted molar refractivity (Wildman–Crippen MR) is 71.3 cm³/mol. The zero-order valence-corrected chi connectivity index (χ0v) is 11.7. The Morgan fingerprint density at radius 2 is 1.83 bits per heavy atom. The van der Waals surface area contributed by atoms with Crippen molar-refractivity contribution in [2.45, 2.75) is 57.1 Å². The number of hydrogen-bond acceptors (Lipinski definition) is 3. The van der Waals surface area contributed by atoms with Gasteiger partial charge in [0.25, 0.3) is 0 Å². The maximum atomic E-state index is 12.3. The van der Waals surface area contributed by atoms with E-state index in [9.17, 15) is 9.90 Å². The first-order chi connectivity index (χ1) is 8.52. The summed E-state index contributed by atoms with van der Waals surface area (Å²) >= 11 is 0. The van der Waals surface area contributed by atoms with Crippen molar-refractivity contribution >= 4 is 5.91 Å². The van der Waals surface area contributed by atoms with E-state index in [2.05, 4.69) is 0 Å². The van der Waals surface area contributed by atoms with E-state index in [4.69, 9.17) is 0 Å². The Balaban J connectivity index is 1.87. The van der Waals surface area contributed by atoms with Crippen LogP contribution in [0.3, 0.4) is 0 Å². The van der Waals surface area contributed by atoms with E-state index in [0.717, 1.165) is 51.6 Å². The average molecular weight is 254 g/mol. The normalized spacial score (nSPS) is 24.8. The number of aliphatic hydroxyl groups is 1. The molecule has 1 saturated carbocycles. The molecule has 104 valence electrons. The van der Waals surface area contributed by atoms with Crippen molar-refractivity contribution in [1.29, 1.82) is 0 Å². The molecule has 0 radical (unpaired) electrons. The van der Waals surface area contributed by atoms with E-state index in [1.54, 1.807) is 0 Å². The summed E-state index contributed by atoms with van der Waals surface area (Å²) in [5.41, 5.74) is -0.561. The van der Waals surface area contributed by atoms with Crippen molar-refractivity contribution in [3.8, 4) is 0 Å². The van der Waals surface area contributed by atoms with Gasteiger partial charge >= 0.3 is 0 Å². The second-order valence-corrected chi connectivity index (χ2v) is 6.05. The van der Waals surface area contributed by atoms with Gasteiger partial charge in [-0.3, -0.25) is 9.69 Å². The van der Waals surface area contributed by atoms with Gasteiger partial charge in [0, 0.05) is 19.6 Å². The van der Waals surface area contributed by atoms with Crippen LogP contribution >= 0.6 is 0 Å². The maximum absolute atomic E-state index is 12.3. The second-order valence-electron chi connectivity index (χ2n) is 6.05. The van der Waals surface area contributed by atoms with Crippen LogP contribution in [-0.2, 0) is 4.79 Å². The summed E-state index contributed by atoms with van der Waals surface area (Å²) in [5, 5.41) is 10.4. The number of carbonyl (C=O) groups excluding carboxylic acids is 1. The lowest BCUT2D eigenvalue weighted by atomic mass is 10.0. The van der Waals surface area contributed by atoms with Crippen LogP contribution in [0.25, 0.3) is 0 Å². The predicted octanol–water partition coefficient (Wildman–Crippen LogP) is 1.23. The van der Waals surface area contributed by atoms with Gasteiger partial charge in [-0.1, -0.05) is 12.8 Å². The van der Waals surface area contributed by atoms with Gasteiger partial charge < -0.3 is 10.0 Å². The molecule has 1 aliphatic carbocycles. The van der Waals surface area contributed by atoms with Crippen molar-refractivity contribution in [3.05, 3.63) is 0 Å². The van der Waals surface area contributed by atoms with Gasteiger partial charge in [-0.2, -0.15) is 0 Å². The van der Waals surface area contributed by atoms with Crippen molar-refractivity contribution in [3.63, 3.8) is 0 Å². The summed E-state index contributed by atoms with van der Waals surface area (Å²) in [4.78, 5) is 16.2. The minimum atomic E-state index is -0.561. The third-order valence-electron chi connectivity index (χ3n) is 4.51. The second kappa shape index (κ2) is 5.57. The fourth-order valence-electron chi connectivity index (χ4n) is 3.18. The van der Waals surface area contributed by atoms with Gasteiger partial charge in [0.15, 0.2) is 0 Å². The van der Waals surface area contributed by atoms with Crippen LogP contribution < -0.4 is 0 Å². The van der Waals surface area contributed by atoms with Gasteiger partial charge in [-0.25, -0.2) is 0 Å². The zero-order valence-electron chi connectivity index (χ0n) is 11.7. The van der Waals surface area contributed by atoms with E-state index >= 15 is 0 Å². The Morgan fingerprint density at radius 3 is 2.39 bits per heavy atom. The van der Waals surface area contributed by atoms with Crippen LogP contribution in [0.5, 0.6) is 0 Å². The Morgan fingerprint density at radius 1 is 1.28 bits per heavy atom. The van der Waals surface area contributed by atoms with E-state index in [1.807, 2.05) is 23.8 Å². The van der Waals surface area contributed by atoms with Crippen molar-refractivity contribution in [2.75, 3.05) is 26.7 Å². The van der Waals surface area contributed by atoms with Crippen LogP contribution in [0, 0.1) is 0 Å². The first kappa shape index (κ1) is 13.8. The van der Waals surface area contributed by atoms with Gasteiger partial charge in [0.1, 0.15) is 0 Å². The standard InChI is InChI=1S/C14H26N2O2/c1-12(13(17)16-9-5-6-10-16)15(2)11-14(18)7-3-4-8-14/h12,18H,3-11H2,1-2H3. The van der Waals surface area contributed by atoms with Crippen LogP contribution in [0.2, 0.25) is 0 Å². The summed E-state index contributed by atoms with van der Waals surface area (Å²) in [6, 6.07) is -0.118. The Bertz CT molecular complexity index is 294. The van der Waals surface area contributed by atoms with Crippen LogP contribution in [0.1, 0.15) is 45.4 Å². The highest BCUT2D eigenvalue weighted by atomic mass is 16.3. The SMILES string of the molecule is CC(C(=O)N1CCCC1)N(C)CC1(O)CCCC1. The molecule has 1 atom stereocenters. The molecule has 1 unspecified atom stereocenters. The lowest BCUT2D eigenvalue weighted by molar-refractivity contribution is -0.135. The smallest absolute Gasteiger partial charge is 0.239 e. The molecule has 18 heavy (non-hydrogen) atoms. The molecular formula is C14H26N2O2. The van der Waals surface area contributed by atoms with E-state index < -0.39 is 5.60 Å². The van der Waals surface area contributed by atoms with E-state index in [-0.39, 0.29) is 11.9 Å². The zero-order chi connectivity index (χ0) is 13.2. The van der Waals surface area contributed by atoms with Crippen molar-refractivity contribution < 1.29 is 9.90 Å². The molecule has 1 heterocycles. The highest BCUT2D eigenvalue weighted by Crippen LogP contribution is 2.30. The molecule has 1 saturated heterocycles. The number of amides is 1. The summed E-state index contributed by atoms with van der Waals surface area (Å²) < 4.78 is 0. The Labute approximate surface area is 110 Å². The molecule has 0 aromatic heterocycles. The molecule has 1 N–H and O–H groups in total. The highest BCUT2D eigenvalue weighted by molar-refractivity contribution is 5.81. The largest absolute Gasteiger partial charge is 0.389 e. The number of rotatable bonds is 4. The first-order valence-corrected chi connectivity index (χ1v) is 7.23. The molecule has 0 aromatic rings. The number of hydrogen-bond donors (Lipinski definition) is 1. The molecule has 0 bridgehead atoms. The number of carbonyl (C=O) groups is 1. The van der Waals surface area contributed by atoms with Crippen molar-refractivity contribution in [2.24, 2.45) is 0 Å². The summed E-state index contributed by atoms with van der Waals surface area (Å²) in [6.45, 7) is 4.38. The van der Waals surface area contributed by atoms with Gasteiger partial charge in [-0.15, -0.1) is 0 Å². The summed E-state index contributed by atoms with van der Waals surface area (Å²) in [6.07, 6.45) is 6.24. The topological polar surface area (TPSA) is 43.8 Å². The lowest BCUT2D eigenvalue weighted by Gasteiger charge is -2.33. The van der Waals surface area contributed by atoms with E-state index in [0.29, 0.717) is 6.54 Å². The molecule has 0 aromatic carbocycles. The Kier molecular flexibility index (Phi) is 4.28. The van der Waals surface area contributed by atoms with Crippen LogP contribution in [0.15, 0.2) is 0 Å². The molecule has 2 fully saturated rings. The molecular weight excluding hydrogens is 228 g/mol. The fourth-order valence-corrected chi connectivity index (χ4v) is 3.18. The molecule has 2 rings (SSSR count). The van der Waals surface area contributed by atoms with Gasteiger partial charge in [0.05, 0.1) is 11.6 Å². The minimum absolute atomic E-state index is 0.118. The molecule has 0 spiro atoms. The number of likely N-dealkylation sites (tertiary alicyclic amines) is 1. The maximum Gasteiger partial charge on any atom is 0.239 e. The average Bonchev–Trinajstić information content (AvgIpc) is 2.98. The van der Waals surface area contributed by atoms with Crippen LogP contribution in [-0.4, -0.2) is 59.1 Å². The molecule has 2 aliphatic rings. The highest BCUT2D eigenvalue weighted by Gasteiger charge is 2.35. The third kappa shape index (κ3) is 3.04. The molecule has 1 aliphatic heterocycles. The van der Waals surface area contributed by atoms with Crippen LogP contribution in [0.4, 0.5) is 0 Å². The number of likely N-dealkylation sites (N-methyl/N-ethyl adjacent to an activating group) is 1. The third-order valence-corrected chi connectivity index (χ3v) is 4.51. The van der Waals surface area contributed by atoms with Gasteiger partial charge in [-0.05, 0) is 39.7 Å². The fraction of sp³-hybridized carbons (Fsp3) is 0.929. The molecule has 4 nitrogen and oxygen atoms in total. The quantitative estimate of drug-likeness (QED) is 0.821.